The maximum absolute atomic E-state index is 12.8. The Morgan fingerprint density at radius 2 is 1.73 bits per heavy atom. The Kier molecular flexibility index (Phi) is 4.18. The number of thiazole rings is 1. The van der Waals surface area contributed by atoms with E-state index in [1.807, 2.05) is 50.2 Å². The molecule has 0 unspecified atom stereocenters. The molecule has 2 heterocycles. The standard InChI is InChI=1S/C20H16N4OS/c1-12-9-13(2)11-14(10-12)23-19(25)17-18(22-8-7-21-17)20-24-15-5-3-4-6-16(15)26-20/h3-11H,1-2H3,(H,23,25). The highest BCUT2D eigenvalue weighted by Crippen LogP contribution is 2.30. The van der Waals surface area contributed by atoms with Crippen molar-refractivity contribution in [1.82, 2.24) is 15.0 Å². The minimum absolute atomic E-state index is 0.269. The molecule has 0 atom stereocenters. The van der Waals surface area contributed by atoms with Crippen LogP contribution in [0.3, 0.4) is 0 Å². The van der Waals surface area contributed by atoms with Crippen LogP contribution in [-0.4, -0.2) is 20.9 Å². The molecule has 0 fully saturated rings. The summed E-state index contributed by atoms with van der Waals surface area (Å²) in [6.07, 6.45) is 3.10. The van der Waals surface area contributed by atoms with Gasteiger partial charge >= 0.3 is 0 Å². The van der Waals surface area contributed by atoms with Crippen molar-refractivity contribution in [2.75, 3.05) is 5.32 Å². The fraction of sp³-hybridized carbons (Fsp3) is 0.100. The predicted molar refractivity (Wildman–Crippen MR) is 105 cm³/mol. The molecule has 2 aromatic carbocycles. The van der Waals surface area contributed by atoms with Gasteiger partial charge < -0.3 is 5.32 Å². The molecule has 0 bridgehead atoms. The fourth-order valence-corrected chi connectivity index (χ4v) is 3.83. The van der Waals surface area contributed by atoms with Gasteiger partial charge in [-0.1, -0.05) is 18.2 Å². The average molecular weight is 360 g/mol. The normalized spacial score (nSPS) is 10.8. The van der Waals surface area contributed by atoms with E-state index in [1.54, 1.807) is 6.20 Å². The van der Waals surface area contributed by atoms with Gasteiger partial charge in [-0.3, -0.25) is 4.79 Å². The van der Waals surface area contributed by atoms with Crippen LogP contribution in [0, 0.1) is 13.8 Å². The van der Waals surface area contributed by atoms with Crippen molar-refractivity contribution in [2.45, 2.75) is 13.8 Å². The lowest BCUT2D eigenvalue weighted by molar-refractivity contribution is 0.102. The van der Waals surface area contributed by atoms with Crippen LogP contribution >= 0.6 is 11.3 Å². The molecule has 0 saturated carbocycles. The molecule has 4 rings (SSSR count). The topological polar surface area (TPSA) is 67.8 Å². The number of fused-ring (bicyclic) bond motifs is 1. The van der Waals surface area contributed by atoms with Gasteiger partial charge in [0.05, 0.1) is 10.2 Å². The first kappa shape index (κ1) is 16.4. The Hall–Kier alpha value is -3.12. The summed E-state index contributed by atoms with van der Waals surface area (Å²) >= 11 is 1.50. The van der Waals surface area contributed by atoms with Gasteiger partial charge in [0.15, 0.2) is 5.69 Å². The highest BCUT2D eigenvalue weighted by atomic mass is 32.1. The van der Waals surface area contributed by atoms with Crippen molar-refractivity contribution in [3.05, 3.63) is 71.7 Å². The molecular weight excluding hydrogens is 344 g/mol. The first-order valence-electron chi connectivity index (χ1n) is 8.17. The third kappa shape index (κ3) is 3.19. The smallest absolute Gasteiger partial charge is 0.276 e. The molecule has 0 aliphatic carbocycles. The van der Waals surface area contributed by atoms with Gasteiger partial charge in [0.2, 0.25) is 0 Å². The number of anilines is 1. The monoisotopic (exact) mass is 360 g/mol. The minimum atomic E-state index is -0.294. The molecule has 1 N–H and O–H groups in total. The molecule has 6 heteroatoms. The van der Waals surface area contributed by atoms with Gasteiger partial charge in [0, 0.05) is 18.1 Å². The van der Waals surface area contributed by atoms with Gasteiger partial charge in [-0.2, -0.15) is 0 Å². The average Bonchev–Trinajstić information content (AvgIpc) is 3.05. The van der Waals surface area contributed by atoms with Crippen molar-refractivity contribution in [1.29, 1.82) is 0 Å². The number of carbonyl (C=O) groups excluding carboxylic acids is 1. The summed E-state index contributed by atoms with van der Waals surface area (Å²) in [5.41, 5.74) is 4.57. The molecule has 26 heavy (non-hydrogen) atoms. The molecule has 2 aromatic heterocycles. The van der Waals surface area contributed by atoms with Crippen LogP contribution in [-0.2, 0) is 0 Å². The number of nitrogens with zero attached hydrogens (tertiary/aromatic N) is 3. The van der Waals surface area contributed by atoms with Crippen LogP contribution in [0.2, 0.25) is 0 Å². The van der Waals surface area contributed by atoms with Gasteiger partial charge in [0.25, 0.3) is 5.91 Å². The van der Waals surface area contributed by atoms with Gasteiger partial charge in [0.1, 0.15) is 10.7 Å². The van der Waals surface area contributed by atoms with Crippen LogP contribution in [0.25, 0.3) is 20.9 Å². The number of aryl methyl sites for hydroxylation is 2. The lowest BCUT2D eigenvalue weighted by Crippen LogP contribution is -2.15. The Labute approximate surface area is 154 Å². The molecule has 0 radical (unpaired) electrons. The van der Waals surface area contributed by atoms with Crippen molar-refractivity contribution < 1.29 is 4.79 Å². The second-order valence-electron chi connectivity index (χ2n) is 6.07. The molecule has 1 amide bonds. The van der Waals surface area contributed by atoms with Crippen LogP contribution < -0.4 is 5.32 Å². The van der Waals surface area contributed by atoms with Crippen LogP contribution in [0.5, 0.6) is 0 Å². The van der Waals surface area contributed by atoms with Crippen LogP contribution in [0.4, 0.5) is 5.69 Å². The zero-order valence-corrected chi connectivity index (χ0v) is 15.2. The largest absolute Gasteiger partial charge is 0.321 e. The number of amides is 1. The molecule has 5 nitrogen and oxygen atoms in total. The first-order chi connectivity index (χ1) is 12.6. The van der Waals surface area contributed by atoms with Crippen LogP contribution in [0.15, 0.2) is 54.9 Å². The Morgan fingerprint density at radius 3 is 2.50 bits per heavy atom. The third-order valence-corrected chi connectivity index (χ3v) is 4.93. The summed E-state index contributed by atoms with van der Waals surface area (Å²) in [6, 6.07) is 13.8. The second kappa shape index (κ2) is 6.65. The molecule has 0 aliphatic heterocycles. The third-order valence-electron chi connectivity index (χ3n) is 3.89. The quantitative estimate of drug-likeness (QED) is 0.579. The Morgan fingerprint density at radius 1 is 1.00 bits per heavy atom. The summed E-state index contributed by atoms with van der Waals surface area (Å²) in [6.45, 7) is 4.00. The highest BCUT2D eigenvalue weighted by molar-refractivity contribution is 7.21. The first-order valence-corrected chi connectivity index (χ1v) is 8.98. The molecule has 0 spiro atoms. The summed E-state index contributed by atoms with van der Waals surface area (Å²) in [4.78, 5) is 26.0. The maximum atomic E-state index is 12.8. The van der Waals surface area contributed by atoms with Crippen molar-refractivity contribution in [2.24, 2.45) is 0 Å². The molecular formula is C20H16N4OS. The number of rotatable bonds is 3. The van der Waals surface area contributed by atoms with E-state index < -0.39 is 0 Å². The number of nitrogens with one attached hydrogen (secondary N) is 1. The number of hydrogen-bond acceptors (Lipinski definition) is 5. The zero-order valence-electron chi connectivity index (χ0n) is 14.4. The summed E-state index contributed by atoms with van der Waals surface area (Å²) in [5, 5.41) is 3.60. The van der Waals surface area contributed by atoms with Gasteiger partial charge in [-0.05, 0) is 49.2 Å². The number of para-hydroxylation sites is 1. The molecule has 128 valence electrons. The van der Waals surface area contributed by atoms with Crippen molar-refractivity contribution in [3.8, 4) is 10.7 Å². The minimum Gasteiger partial charge on any atom is -0.321 e. The number of hydrogen-bond donors (Lipinski definition) is 1. The number of carbonyl (C=O) groups is 1. The lowest BCUT2D eigenvalue weighted by Gasteiger charge is -2.08. The predicted octanol–water partition coefficient (Wildman–Crippen LogP) is 4.62. The van der Waals surface area contributed by atoms with Crippen molar-refractivity contribution >= 4 is 33.1 Å². The van der Waals surface area contributed by atoms with E-state index in [1.165, 1.54) is 17.5 Å². The van der Waals surface area contributed by atoms with E-state index in [-0.39, 0.29) is 11.6 Å². The van der Waals surface area contributed by atoms with Gasteiger partial charge in [-0.15, -0.1) is 11.3 Å². The molecule has 0 saturated heterocycles. The zero-order chi connectivity index (χ0) is 18.1. The van der Waals surface area contributed by atoms with Gasteiger partial charge in [-0.25, -0.2) is 15.0 Å². The second-order valence-corrected chi connectivity index (χ2v) is 7.10. The van der Waals surface area contributed by atoms with E-state index in [4.69, 9.17) is 0 Å². The highest BCUT2D eigenvalue weighted by Gasteiger charge is 2.19. The van der Waals surface area contributed by atoms with Crippen molar-refractivity contribution in [3.63, 3.8) is 0 Å². The van der Waals surface area contributed by atoms with E-state index in [2.05, 4.69) is 26.3 Å². The Bertz CT molecular complexity index is 1070. The SMILES string of the molecule is Cc1cc(C)cc(NC(=O)c2nccnc2-c2nc3ccccc3s2)c1. The summed E-state index contributed by atoms with van der Waals surface area (Å²) < 4.78 is 1.05. The lowest BCUT2D eigenvalue weighted by atomic mass is 10.1. The van der Waals surface area contributed by atoms with E-state index >= 15 is 0 Å². The number of aromatic nitrogens is 3. The summed E-state index contributed by atoms with van der Waals surface area (Å²) in [7, 11) is 0. The van der Waals surface area contributed by atoms with E-state index in [0.29, 0.717) is 10.7 Å². The fourth-order valence-electron chi connectivity index (χ4n) is 2.87. The Balaban J connectivity index is 1.72. The van der Waals surface area contributed by atoms with E-state index in [0.717, 1.165) is 27.0 Å². The summed E-state index contributed by atoms with van der Waals surface area (Å²) in [5.74, 6) is -0.294. The van der Waals surface area contributed by atoms with Crippen LogP contribution in [0.1, 0.15) is 21.6 Å². The maximum Gasteiger partial charge on any atom is 0.276 e. The molecule has 0 aliphatic rings. The number of benzene rings is 2. The van der Waals surface area contributed by atoms with E-state index in [9.17, 15) is 4.79 Å². The molecule has 4 aromatic rings.